The van der Waals surface area contributed by atoms with E-state index in [1.807, 2.05) is 19.1 Å². The standard InChI is InChI=1S/C18H25N5O2/c1-4-6-8-21-17-16(11-22-18(19)23-17)25-12-15-10-14(7-9-20-15)13(3)24-5-2/h7,9-11H,3-6,8,12H2,1-2H3,(H3,19,21,22,23). The second kappa shape index (κ2) is 9.46. The summed E-state index contributed by atoms with van der Waals surface area (Å²) in [5.41, 5.74) is 7.31. The lowest BCUT2D eigenvalue weighted by Crippen LogP contribution is -2.09. The number of nitrogens with one attached hydrogen (secondary N) is 1. The van der Waals surface area contributed by atoms with Crippen molar-refractivity contribution in [3.05, 3.63) is 42.4 Å². The molecule has 25 heavy (non-hydrogen) atoms. The van der Waals surface area contributed by atoms with Gasteiger partial charge >= 0.3 is 0 Å². The molecule has 0 aliphatic rings. The number of hydrogen-bond donors (Lipinski definition) is 2. The molecular formula is C18H25N5O2. The van der Waals surface area contributed by atoms with Crippen molar-refractivity contribution in [3.63, 3.8) is 0 Å². The molecule has 0 bridgehead atoms. The molecule has 3 N–H and O–H groups in total. The molecule has 134 valence electrons. The predicted octanol–water partition coefficient (Wildman–Crippen LogP) is 3.25. The van der Waals surface area contributed by atoms with E-state index in [2.05, 4.69) is 33.8 Å². The number of hydrogen-bond acceptors (Lipinski definition) is 7. The van der Waals surface area contributed by atoms with Crippen LogP contribution in [0.1, 0.15) is 37.9 Å². The van der Waals surface area contributed by atoms with Gasteiger partial charge in [-0.1, -0.05) is 19.9 Å². The third kappa shape index (κ3) is 5.63. The molecule has 0 spiro atoms. The molecule has 0 unspecified atom stereocenters. The van der Waals surface area contributed by atoms with Crippen LogP contribution >= 0.6 is 0 Å². The molecule has 0 amide bonds. The predicted molar refractivity (Wildman–Crippen MR) is 99.1 cm³/mol. The van der Waals surface area contributed by atoms with Crippen LogP contribution in [0.4, 0.5) is 11.8 Å². The summed E-state index contributed by atoms with van der Waals surface area (Å²) in [6.45, 7) is 9.60. The monoisotopic (exact) mass is 343 g/mol. The molecule has 7 nitrogen and oxygen atoms in total. The van der Waals surface area contributed by atoms with Crippen molar-refractivity contribution in [2.75, 3.05) is 24.2 Å². The van der Waals surface area contributed by atoms with Gasteiger partial charge in [0.05, 0.1) is 18.5 Å². The fraction of sp³-hybridized carbons (Fsp3) is 0.389. The largest absolute Gasteiger partial charge is 0.494 e. The number of nitrogens with zero attached hydrogens (tertiary/aromatic N) is 3. The van der Waals surface area contributed by atoms with Gasteiger partial charge in [-0.25, -0.2) is 4.98 Å². The lowest BCUT2D eigenvalue weighted by atomic mass is 10.2. The van der Waals surface area contributed by atoms with E-state index in [0.717, 1.165) is 30.6 Å². The Bertz CT molecular complexity index is 706. The zero-order valence-corrected chi connectivity index (χ0v) is 14.8. The fourth-order valence-corrected chi connectivity index (χ4v) is 2.14. The van der Waals surface area contributed by atoms with Crippen LogP contribution in [-0.4, -0.2) is 28.1 Å². The molecule has 0 aromatic carbocycles. The quantitative estimate of drug-likeness (QED) is 0.505. The van der Waals surface area contributed by atoms with E-state index >= 15 is 0 Å². The SMILES string of the molecule is C=C(OCC)c1ccnc(COc2cnc(N)nc2NCCCC)c1. The first-order valence-corrected chi connectivity index (χ1v) is 8.40. The molecule has 2 rings (SSSR count). The maximum absolute atomic E-state index is 5.83. The zero-order chi connectivity index (χ0) is 18.1. The molecule has 0 aliphatic carbocycles. The van der Waals surface area contributed by atoms with Gasteiger partial charge < -0.3 is 20.5 Å². The van der Waals surface area contributed by atoms with E-state index in [9.17, 15) is 0 Å². The minimum absolute atomic E-state index is 0.208. The lowest BCUT2D eigenvalue weighted by molar-refractivity contribution is 0.296. The summed E-state index contributed by atoms with van der Waals surface area (Å²) >= 11 is 0. The van der Waals surface area contributed by atoms with Crippen molar-refractivity contribution in [1.82, 2.24) is 15.0 Å². The molecule has 0 radical (unpaired) electrons. The van der Waals surface area contributed by atoms with Crippen LogP contribution in [0.2, 0.25) is 0 Å². The number of nitrogen functional groups attached to an aromatic ring is 1. The lowest BCUT2D eigenvalue weighted by Gasteiger charge is -2.13. The van der Waals surface area contributed by atoms with Gasteiger partial charge in [-0.2, -0.15) is 4.98 Å². The summed E-state index contributed by atoms with van der Waals surface area (Å²) in [6, 6.07) is 3.74. The van der Waals surface area contributed by atoms with Crippen molar-refractivity contribution in [1.29, 1.82) is 0 Å². The van der Waals surface area contributed by atoms with Crippen LogP contribution in [0.3, 0.4) is 0 Å². The maximum atomic E-state index is 5.83. The summed E-state index contributed by atoms with van der Waals surface area (Å²) in [6.07, 6.45) is 5.40. The van der Waals surface area contributed by atoms with Crippen molar-refractivity contribution < 1.29 is 9.47 Å². The average Bonchev–Trinajstić information content (AvgIpc) is 2.62. The number of pyridine rings is 1. The first-order valence-electron chi connectivity index (χ1n) is 8.40. The van der Waals surface area contributed by atoms with E-state index in [1.54, 1.807) is 12.4 Å². The van der Waals surface area contributed by atoms with Crippen LogP contribution in [-0.2, 0) is 11.3 Å². The first-order chi connectivity index (χ1) is 12.1. The highest BCUT2D eigenvalue weighted by atomic mass is 16.5. The molecule has 0 saturated heterocycles. The van der Waals surface area contributed by atoms with Crippen molar-refractivity contribution in [2.45, 2.75) is 33.3 Å². The van der Waals surface area contributed by atoms with Crippen LogP contribution in [0.5, 0.6) is 5.75 Å². The molecule has 0 fully saturated rings. The Labute approximate surface area is 148 Å². The van der Waals surface area contributed by atoms with Crippen molar-refractivity contribution >= 4 is 17.5 Å². The van der Waals surface area contributed by atoms with Crippen LogP contribution in [0.15, 0.2) is 31.1 Å². The van der Waals surface area contributed by atoms with E-state index in [4.69, 9.17) is 15.2 Å². The number of rotatable bonds is 10. The Hall–Kier alpha value is -2.83. The first kappa shape index (κ1) is 18.5. The Balaban J connectivity index is 2.05. The van der Waals surface area contributed by atoms with E-state index in [1.165, 1.54) is 0 Å². The van der Waals surface area contributed by atoms with Crippen molar-refractivity contribution in [2.24, 2.45) is 0 Å². The van der Waals surface area contributed by atoms with Gasteiger partial charge in [0.2, 0.25) is 5.95 Å². The topological polar surface area (TPSA) is 95.2 Å². The second-order valence-electron chi connectivity index (χ2n) is 5.40. The molecule has 7 heteroatoms. The highest BCUT2D eigenvalue weighted by Crippen LogP contribution is 2.23. The van der Waals surface area contributed by atoms with Crippen molar-refractivity contribution in [3.8, 4) is 5.75 Å². The number of anilines is 2. The zero-order valence-electron chi connectivity index (χ0n) is 14.8. The second-order valence-corrected chi connectivity index (χ2v) is 5.40. The molecule has 0 aliphatic heterocycles. The Morgan fingerprint density at radius 1 is 1.32 bits per heavy atom. The molecule has 2 aromatic rings. The maximum Gasteiger partial charge on any atom is 0.222 e. The van der Waals surface area contributed by atoms with Gasteiger partial charge in [0.25, 0.3) is 0 Å². The molecule has 0 saturated carbocycles. The Morgan fingerprint density at radius 3 is 2.92 bits per heavy atom. The van der Waals surface area contributed by atoms with Gasteiger partial charge in [0, 0.05) is 18.3 Å². The van der Waals surface area contributed by atoms with E-state index in [-0.39, 0.29) is 12.6 Å². The van der Waals surface area contributed by atoms with Gasteiger partial charge in [-0.15, -0.1) is 0 Å². The number of nitrogens with two attached hydrogens (primary N) is 1. The number of ether oxygens (including phenoxy) is 2. The Morgan fingerprint density at radius 2 is 2.16 bits per heavy atom. The third-order valence-electron chi connectivity index (χ3n) is 3.43. The summed E-state index contributed by atoms with van der Waals surface area (Å²) in [7, 11) is 0. The molecule has 2 aromatic heterocycles. The van der Waals surface area contributed by atoms with Gasteiger partial charge in [-0.05, 0) is 25.5 Å². The molecule has 0 atom stereocenters. The number of unbranched alkanes of at least 4 members (excludes halogenated alkanes) is 1. The molecular weight excluding hydrogens is 318 g/mol. The summed E-state index contributed by atoms with van der Waals surface area (Å²) in [5, 5.41) is 3.23. The minimum Gasteiger partial charge on any atom is -0.494 e. The van der Waals surface area contributed by atoms with E-state index < -0.39 is 0 Å². The Kier molecular flexibility index (Phi) is 7.00. The summed E-state index contributed by atoms with van der Waals surface area (Å²) in [5.74, 6) is 1.96. The van der Waals surface area contributed by atoms with E-state index in [0.29, 0.717) is 23.9 Å². The average molecular weight is 343 g/mol. The van der Waals surface area contributed by atoms with Crippen LogP contribution < -0.4 is 15.8 Å². The molecule has 2 heterocycles. The summed E-state index contributed by atoms with van der Waals surface area (Å²) < 4.78 is 11.3. The smallest absolute Gasteiger partial charge is 0.222 e. The third-order valence-corrected chi connectivity index (χ3v) is 3.43. The highest BCUT2D eigenvalue weighted by Gasteiger charge is 2.09. The highest BCUT2D eigenvalue weighted by molar-refractivity contribution is 5.57. The van der Waals surface area contributed by atoms with Gasteiger partial charge in [0.15, 0.2) is 11.6 Å². The number of aromatic nitrogens is 3. The van der Waals surface area contributed by atoms with Crippen LogP contribution in [0, 0.1) is 0 Å². The van der Waals surface area contributed by atoms with Crippen LogP contribution in [0.25, 0.3) is 5.76 Å². The summed E-state index contributed by atoms with van der Waals surface area (Å²) in [4.78, 5) is 12.5. The van der Waals surface area contributed by atoms with Gasteiger partial charge in [0.1, 0.15) is 12.4 Å². The normalized spacial score (nSPS) is 10.3. The minimum atomic E-state index is 0.208. The fourth-order valence-electron chi connectivity index (χ4n) is 2.14. The van der Waals surface area contributed by atoms with Gasteiger partial charge in [-0.3, -0.25) is 4.98 Å².